The fourth-order valence-corrected chi connectivity index (χ4v) is 3.99. The molecule has 0 aliphatic rings. The number of thioether (sulfide) groups is 1. The molecule has 1 heterocycles. The van der Waals surface area contributed by atoms with Crippen molar-refractivity contribution in [1.82, 2.24) is 4.98 Å². The zero-order chi connectivity index (χ0) is 16.4. The summed E-state index contributed by atoms with van der Waals surface area (Å²) in [5, 5.41) is 3.19. The Labute approximate surface area is 152 Å². The van der Waals surface area contributed by atoms with Crippen molar-refractivity contribution in [2.24, 2.45) is 0 Å². The van der Waals surface area contributed by atoms with Crippen LogP contribution in [0.15, 0.2) is 47.4 Å². The van der Waals surface area contributed by atoms with Crippen LogP contribution in [-0.4, -0.2) is 16.6 Å². The van der Waals surface area contributed by atoms with Gasteiger partial charge >= 0.3 is 0 Å². The number of carbonyl (C=O) groups is 1. The highest BCUT2D eigenvalue weighted by Crippen LogP contribution is 2.32. The second-order valence-electron chi connectivity index (χ2n) is 4.49. The fraction of sp³-hybridized carbons (Fsp3) is 0.0667. The third kappa shape index (κ3) is 4.18. The molecule has 1 amide bonds. The minimum atomic E-state index is -2.46. The molecule has 2 aromatic carbocycles. The van der Waals surface area contributed by atoms with Gasteiger partial charge < -0.3 is 0 Å². The van der Waals surface area contributed by atoms with Crippen molar-refractivity contribution >= 4 is 66.9 Å². The molecule has 0 atom stereocenters. The standard InChI is InChI=1S/C15H9F2IN2OS2/c16-14(17)22-10-4-5-11-12(7-10)23-15(19-11)20-13(21)8-2-1-3-9(18)6-8/h1-7,14H,(H,19,20,21). The first kappa shape index (κ1) is 16.6. The molecule has 1 N–H and O–H groups in total. The molecule has 23 heavy (non-hydrogen) atoms. The lowest BCUT2D eigenvalue weighted by Gasteiger charge is -2.01. The van der Waals surface area contributed by atoms with E-state index in [0.29, 0.717) is 32.9 Å². The summed E-state index contributed by atoms with van der Waals surface area (Å²) in [4.78, 5) is 17.0. The number of thiazole rings is 1. The highest BCUT2D eigenvalue weighted by Gasteiger charge is 2.12. The Hall–Kier alpha value is -1.26. The van der Waals surface area contributed by atoms with Gasteiger partial charge in [0.1, 0.15) is 0 Å². The second kappa shape index (κ2) is 7.10. The smallest absolute Gasteiger partial charge is 0.288 e. The summed E-state index contributed by atoms with van der Waals surface area (Å²) in [6.45, 7) is 0. The number of carbonyl (C=O) groups excluding carboxylic acids is 1. The van der Waals surface area contributed by atoms with Crippen LogP contribution in [0.3, 0.4) is 0 Å². The molecule has 0 saturated carbocycles. The summed E-state index contributed by atoms with van der Waals surface area (Å²) >= 11 is 3.89. The fourth-order valence-electron chi connectivity index (χ4n) is 1.93. The molecule has 0 spiro atoms. The first-order chi connectivity index (χ1) is 11.0. The van der Waals surface area contributed by atoms with Crippen molar-refractivity contribution in [1.29, 1.82) is 0 Å². The Kier molecular flexibility index (Phi) is 5.12. The Morgan fingerprint density at radius 3 is 2.83 bits per heavy atom. The zero-order valence-corrected chi connectivity index (χ0v) is 15.2. The molecule has 0 saturated heterocycles. The van der Waals surface area contributed by atoms with E-state index in [2.05, 4.69) is 32.9 Å². The van der Waals surface area contributed by atoms with E-state index in [1.54, 1.807) is 30.3 Å². The number of nitrogens with one attached hydrogen (secondary N) is 1. The van der Waals surface area contributed by atoms with E-state index in [1.807, 2.05) is 12.1 Å². The summed E-state index contributed by atoms with van der Waals surface area (Å²) in [5.41, 5.74) is 1.22. The van der Waals surface area contributed by atoms with Crippen LogP contribution in [0.4, 0.5) is 13.9 Å². The van der Waals surface area contributed by atoms with Crippen LogP contribution in [0.2, 0.25) is 0 Å². The summed E-state index contributed by atoms with van der Waals surface area (Å²) in [5.74, 6) is -2.70. The maximum atomic E-state index is 12.4. The molecule has 0 aliphatic heterocycles. The molecule has 0 radical (unpaired) electrons. The van der Waals surface area contributed by atoms with Crippen LogP contribution in [0.5, 0.6) is 0 Å². The third-order valence-corrected chi connectivity index (χ3v) is 5.20. The van der Waals surface area contributed by atoms with Crippen LogP contribution in [0, 0.1) is 3.57 Å². The minimum absolute atomic E-state index is 0.246. The van der Waals surface area contributed by atoms with Crippen molar-refractivity contribution < 1.29 is 13.6 Å². The van der Waals surface area contributed by atoms with E-state index in [0.717, 1.165) is 8.27 Å². The van der Waals surface area contributed by atoms with Gasteiger partial charge in [-0.2, -0.15) is 8.78 Å². The molecule has 118 valence electrons. The summed E-state index contributed by atoms with van der Waals surface area (Å²) < 4.78 is 26.5. The number of alkyl halides is 2. The van der Waals surface area contributed by atoms with Crippen molar-refractivity contribution in [3.8, 4) is 0 Å². The number of benzene rings is 2. The van der Waals surface area contributed by atoms with Gasteiger partial charge in [0, 0.05) is 14.0 Å². The molecule has 3 nitrogen and oxygen atoms in total. The molecular weight excluding hydrogens is 453 g/mol. The molecule has 0 aliphatic carbocycles. The van der Waals surface area contributed by atoms with E-state index in [9.17, 15) is 13.6 Å². The van der Waals surface area contributed by atoms with Crippen LogP contribution >= 0.6 is 45.7 Å². The summed E-state index contributed by atoms with van der Waals surface area (Å²) in [6, 6.07) is 12.1. The van der Waals surface area contributed by atoms with Gasteiger partial charge in [0.2, 0.25) is 0 Å². The van der Waals surface area contributed by atoms with E-state index < -0.39 is 5.76 Å². The number of hydrogen-bond donors (Lipinski definition) is 1. The van der Waals surface area contributed by atoms with Crippen LogP contribution in [0.25, 0.3) is 10.2 Å². The maximum absolute atomic E-state index is 12.4. The van der Waals surface area contributed by atoms with Crippen molar-refractivity contribution in [2.45, 2.75) is 10.7 Å². The average molecular weight is 462 g/mol. The second-order valence-corrected chi connectivity index (χ2v) is 7.83. The van der Waals surface area contributed by atoms with Gasteiger partial charge in [0.25, 0.3) is 11.7 Å². The number of aromatic nitrogens is 1. The number of nitrogens with zero attached hydrogens (tertiary/aromatic N) is 1. The number of amides is 1. The van der Waals surface area contributed by atoms with Gasteiger partial charge in [-0.3, -0.25) is 10.1 Å². The lowest BCUT2D eigenvalue weighted by Crippen LogP contribution is -2.11. The van der Waals surface area contributed by atoms with Gasteiger partial charge in [-0.15, -0.1) is 0 Å². The lowest BCUT2D eigenvalue weighted by atomic mass is 10.2. The maximum Gasteiger partial charge on any atom is 0.288 e. The molecule has 8 heteroatoms. The summed E-state index contributed by atoms with van der Waals surface area (Å²) in [7, 11) is 0. The van der Waals surface area contributed by atoms with Crippen molar-refractivity contribution in [3.05, 3.63) is 51.6 Å². The summed E-state index contributed by atoms with van der Waals surface area (Å²) in [6.07, 6.45) is 0. The van der Waals surface area contributed by atoms with Gasteiger partial charge in [-0.05, 0) is 59.0 Å². The Morgan fingerprint density at radius 1 is 1.26 bits per heavy atom. The molecule has 3 aromatic rings. The van der Waals surface area contributed by atoms with E-state index in [1.165, 1.54) is 11.3 Å². The molecular formula is C15H9F2IN2OS2. The molecule has 1 aromatic heterocycles. The van der Waals surface area contributed by atoms with Gasteiger partial charge in [0.05, 0.1) is 10.2 Å². The molecule has 3 rings (SSSR count). The van der Waals surface area contributed by atoms with Gasteiger partial charge in [0.15, 0.2) is 5.13 Å². The van der Waals surface area contributed by atoms with Crippen LogP contribution in [0.1, 0.15) is 10.4 Å². The van der Waals surface area contributed by atoms with Crippen LogP contribution in [-0.2, 0) is 0 Å². The molecule has 0 bridgehead atoms. The number of fused-ring (bicyclic) bond motifs is 1. The van der Waals surface area contributed by atoms with Crippen LogP contribution < -0.4 is 5.32 Å². The topological polar surface area (TPSA) is 42.0 Å². The van der Waals surface area contributed by atoms with Gasteiger partial charge in [-0.25, -0.2) is 4.98 Å². The predicted molar refractivity (Wildman–Crippen MR) is 98.6 cm³/mol. The normalized spacial score (nSPS) is 11.1. The monoisotopic (exact) mass is 462 g/mol. The minimum Gasteiger partial charge on any atom is -0.298 e. The highest BCUT2D eigenvalue weighted by molar-refractivity contribution is 14.1. The first-order valence-electron chi connectivity index (χ1n) is 6.43. The van der Waals surface area contributed by atoms with E-state index in [4.69, 9.17) is 0 Å². The van der Waals surface area contributed by atoms with Crippen molar-refractivity contribution in [3.63, 3.8) is 0 Å². The Morgan fingerprint density at radius 2 is 2.09 bits per heavy atom. The molecule has 0 fully saturated rings. The van der Waals surface area contributed by atoms with Gasteiger partial charge in [-0.1, -0.05) is 29.2 Å². The third-order valence-electron chi connectivity index (χ3n) is 2.89. The van der Waals surface area contributed by atoms with E-state index >= 15 is 0 Å². The predicted octanol–water partition coefficient (Wildman–Crippen LogP) is 5.47. The lowest BCUT2D eigenvalue weighted by molar-refractivity contribution is 0.102. The zero-order valence-electron chi connectivity index (χ0n) is 11.4. The Balaban J connectivity index is 1.81. The average Bonchev–Trinajstić information content (AvgIpc) is 2.88. The number of halogens is 3. The Bertz CT molecular complexity index is 870. The number of anilines is 1. The number of hydrogen-bond acceptors (Lipinski definition) is 4. The SMILES string of the molecule is O=C(Nc1nc2ccc(SC(F)F)cc2s1)c1cccc(I)c1. The van der Waals surface area contributed by atoms with Crippen molar-refractivity contribution in [2.75, 3.05) is 5.32 Å². The number of rotatable bonds is 4. The largest absolute Gasteiger partial charge is 0.298 e. The molecule has 0 unspecified atom stereocenters. The first-order valence-corrected chi connectivity index (χ1v) is 9.21. The highest BCUT2D eigenvalue weighted by atomic mass is 127. The quantitative estimate of drug-likeness (QED) is 0.413. The van der Waals surface area contributed by atoms with E-state index in [-0.39, 0.29) is 5.91 Å².